The van der Waals surface area contributed by atoms with Crippen LogP contribution in [0.4, 0.5) is 0 Å². The topological polar surface area (TPSA) is 48.9 Å². The van der Waals surface area contributed by atoms with Crippen LogP contribution in [0.25, 0.3) is 0 Å². The standard InChI is InChI=1S/C20H34N4O.HI/c1-16-8-10-18(11-9-16)23-20(21-2)22-15-17-6-5-7-19(14-17)25-13-12-24(3)4;/h5-7,14,16,18H,8-13,15H2,1-4H3,(H2,21,22,23);1H. The zero-order chi connectivity index (χ0) is 18.1. The third-order valence-corrected chi connectivity index (χ3v) is 4.75. The average molecular weight is 474 g/mol. The molecule has 0 amide bonds. The molecule has 0 heterocycles. The Bertz CT molecular complexity index is 542. The predicted molar refractivity (Wildman–Crippen MR) is 121 cm³/mol. The molecule has 0 radical (unpaired) electrons. The second kappa shape index (κ2) is 12.4. The van der Waals surface area contributed by atoms with Gasteiger partial charge >= 0.3 is 0 Å². The fraction of sp³-hybridized carbons (Fsp3) is 0.650. The highest BCUT2D eigenvalue weighted by Gasteiger charge is 2.18. The molecule has 1 fully saturated rings. The molecule has 1 aromatic carbocycles. The Morgan fingerprint density at radius 2 is 1.96 bits per heavy atom. The van der Waals surface area contributed by atoms with E-state index in [4.69, 9.17) is 4.74 Å². The van der Waals surface area contributed by atoms with Gasteiger partial charge in [-0.3, -0.25) is 4.99 Å². The van der Waals surface area contributed by atoms with Crippen LogP contribution < -0.4 is 15.4 Å². The zero-order valence-electron chi connectivity index (χ0n) is 16.6. The van der Waals surface area contributed by atoms with Gasteiger partial charge < -0.3 is 20.3 Å². The number of nitrogens with zero attached hydrogens (tertiary/aromatic N) is 2. The summed E-state index contributed by atoms with van der Waals surface area (Å²) >= 11 is 0. The highest BCUT2D eigenvalue weighted by atomic mass is 127. The van der Waals surface area contributed by atoms with E-state index in [1.54, 1.807) is 0 Å². The van der Waals surface area contributed by atoms with E-state index in [0.717, 1.165) is 30.7 Å². The molecule has 0 saturated heterocycles. The summed E-state index contributed by atoms with van der Waals surface area (Å²) in [4.78, 5) is 6.48. The smallest absolute Gasteiger partial charge is 0.191 e. The van der Waals surface area contributed by atoms with E-state index in [1.807, 2.05) is 19.2 Å². The number of halogens is 1. The highest BCUT2D eigenvalue weighted by molar-refractivity contribution is 14.0. The lowest BCUT2D eigenvalue weighted by Gasteiger charge is -2.28. The fourth-order valence-corrected chi connectivity index (χ4v) is 3.07. The molecular formula is C20H35IN4O. The van der Waals surface area contributed by atoms with Crippen molar-refractivity contribution in [2.75, 3.05) is 34.3 Å². The maximum absolute atomic E-state index is 5.81. The van der Waals surface area contributed by atoms with Gasteiger partial charge in [0.05, 0.1) is 0 Å². The first-order valence-electron chi connectivity index (χ1n) is 9.40. The molecule has 0 spiro atoms. The fourth-order valence-electron chi connectivity index (χ4n) is 3.07. The van der Waals surface area contributed by atoms with Crippen molar-refractivity contribution in [1.29, 1.82) is 0 Å². The van der Waals surface area contributed by atoms with Gasteiger partial charge in [0, 0.05) is 26.2 Å². The Balaban J connectivity index is 0.00000338. The third kappa shape index (κ3) is 8.58. The van der Waals surface area contributed by atoms with Gasteiger partial charge in [0.1, 0.15) is 12.4 Å². The minimum absolute atomic E-state index is 0. The van der Waals surface area contributed by atoms with Crippen molar-refractivity contribution in [3.8, 4) is 5.75 Å². The molecular weight excluding hydrogens is 439 g/mol. The second-order valence-corrected chi connectivity index (χ2v) is 7.33. The molecule has 0 aromatic heterocycles. The SMILES string of the molecule is CN=C(NCc1cccc(OCCN(C)C)c1)NC1CCC(C)CC1.I. The van der Waals surface area contributed by atoms with Crippen molar-refractivity contribution in [1.82, 2.24) is 15.5 Å². The summed E-state index contributed by atoms with van der Waals surface area (Å²) in [7, 11) is 5.94. The van der Waals surface area contributed by atoms with E-state index < -0.39 is 0 Å². The summed E-state index contributed by atoms with van der Waals surface area (Å²) in [6.45, 7) is 4.71. The van der Waals surface area contributed by atoms with Crippen LogP contribution in [-0.4, -0.2) is 51.2 Å². The number of rotatable bonds is 7. The maximum Gasteiger partial charge on any atom is 0.191 e. The van der Waals surface area contributed by atoms with Gasteiger partial charge in [0.2, 0.25) is 0 Å². The third-order valence-electron chi connectivity index (χ3n) is 4.75. The van der Waals surface area contributed by atoms with Crippen LogP contribution in [-0.2, 0) is 6.54 Å². The molecule has 1 aliphatic rings. The molecule has 2 N–H and O–H groups in total. The van der Waals surface area contributed by atoms with Crippen LogP contribution in [0.2, 0.25) is 0 Å². The molecule has 2 rings (SSSR count). The zero-order valence-corrected chi connectivity index (χ0v) is 19.0. The van der Waals surface area contributed by atoms with E-state index in [9.17, 15) is 0 Å². The minimum Gasteiger partial charge on any atom is -0.492 e. The molecule has 26 heavy (non-hydrogen) atoms. The van der Waals surface area contributed by atoms with Crippen LogP contribution in [0.3, 0.4) is 0 Å². The molecule has 148 valence electrons. The predicted octanol–water partition coefficient (Wildman–Crippen LogP) is 3.49. The summed E-state index contributed by atoms with van der Waals surface area (Å²) in [5.41, 5.74) is 1.20. The summed E-state index contributed by atoms with van der Waals surface area (Å²) in [6.07, 6.45) is 5.08. The first-order chi connectivity index (χ1) is 12.1. The molecule has 0 aliphatic heterocycles. The van der Waals surface area contributed by atoms with Crippen molar-refractivity contribution < 1.29 is 4.74 Å². The number of ether oxygens (including phenoxy) is 1. The van der Waals surface area contributed by atoms with Gasteiger partial charge in [0.25, 0.3) is 0 Å². The molecule has 0 unspecified atom stereocenters. The Morgan fingerprint density at radius 3 is 2.62 bits per heavy atom. The quantitative estimate of drug-likeness (QED) is 0.361. The van der Waals surface area contributed by atoms with Crippen LogP contribution >= 0.6 is 24.0 Å². The number of aliphatic imine (C=N–C) groups is 1. The number of guanidine groups is 1. The lowest BCUT2D eigenvalue weighted by Crippen LogP contribution is -2.44. The summed E-state index contributed by atoms with van der Waals surface area (Å²) < 4.78 is 5.81. The van der Waals surface area contributed by atoms with Crippen molar-refractivity contribution in [2.24, 2.45) is 10.9 Å². The Labute approximate surface area is 176 Å². The van der Waals surface area contributed by atoms with Crippen LogP contribution in [0, 0.1) is 5.92 Å². The van der Waals surface area contributed by atoms with Crippen LogP contribution in [0.5, 0.6) is 5.75 Å². The molecule has 0 atom stereocenters. The van der Waals surface area contributed by atoms with Gasteiger partial charge in [0.15, 0.2) is 5.96 Å². The van der Waals surface area contributed by atoms with Gasteiger partial charge in [-0.25, -0.2) is 0 Å². The number of nitrogens with one attached hydrogen (secondary N) is 2. The molecule has 0 bridgehead atoms. The van der Waals surface area contributed by atoms with Crippen molar-refractivity contribution in [3.05, 3.63) is 29.8 Å². The first kappa shape index (κ1) is 23.0. The van der Waals surface area contributed by atoms with E-state index in [-0.39, 0.29) is 24.0 Å². The number of hydrogen-bond donors (Lipinski definition) is 2. The van der Waals surface area contributed by atoms with Gasteiger partial charge in [-0.15, -0.1) is 24.0 Å². The summed E-state index contributed by atoms with van der Waals surface area (Å²) in [6, 6.07) is 8.80. The number of hydrogen-bond acceptors (Lipinski definition) is 3. The Hall–Kier alpha value is -1.02. The Morgan fingerprint density at radius 1 is 1.23 bits per heavy atom. The second-order valence-electron chi connectivity index (χ2n) is 7.33. The van der Waals surface area contributed by atoms with E-state index >= 15 is 0 Å². The van der Waals surface area contributed by atoms with Gasteiger partial charge in [-0.1, -0.05) is 19.1 Å². The van der Waals surface area contributed by atoms with E-state index in [1.165, 1.54) is 31.2 Å². The summed E-state index contributed by atoms with van der Waals surface area (Å²) in [5, 5.41) is 6.98. The van der Waals surface area contributed by atoms with Crippen molar-refractivity contribution in [2.45, 2.75) is 45.2 Å². The molecule has 6 heteroatoms. The monoisotopic (exact) mass is 474 g/mol. The minimum atomic E-state index is 0. The van der Waals surface area contributed by atoms with E-state index in [0.29, 0.717) is 12.6 Å². The lowest BCUT2D eigenvalue weighted by molar-refractivity contribution is 0.261. The van der Waals surface area contributed by atoms with Crippen LogP contribution in [0.1, 0.15) is 38.2 Å². The molecule has 1 saturated carbocycles. The Kier molecular flexibility index (Phi) is 11.0. The largest absolute Gasteiger partial charge is 0.492 e. The molecule has 5 nitrogen and oxygen atoms in total. The number of benzene rings is 1. The lowest BCUT2D eigenvalue weighted by atomic mass is 9.87. The normalized spacial score (nSPS) is 20.4. The van der Waals surface area contributed by atoms with Crippen molar-refractivity contribution in [3.63, 3.8) is 0 Å². The highest BCUT2D eigenvalue weighted by Crippen LogP contribution is 2.23. The van der Waals surface area contributed by atoms with Crippen LogP contribution in [0.15, 0.2) is 29.3 Å². The molecule has 1 aromatic rings. The van der Waals surface area contributed by atoms with E-state index in [2.05, 4.69) is 53.7 Å². The average Bonchev–Trinajstić information content (AvgIpc) is 2.60. The number of likely N-dealkylation sites (N-methyl/N-ethyl adjacent to an activating group) is 1. The van der Waals surface area contributed by atoms with Gasteiger partial charge in [-0.05, 0) is 63.4 Å². The molecule has 1 aliphatic carbocycles. The first-order valence-corrected chi connectivity index (χ1v) is 9.40. The maximum atomic E-state index is 5.81. The summed E-state index contributed by atoms with van der Waals surface area (Å²) in [5.74, 6) is 2.67. The van der Waals surface area contributed by atoms with Gasteiger partial charge in [-0.2, -0.15) is 0 Å². The van der Waals surface area contributed by atoms with Crippen molar-refractivity contribution >= 4 is 29.9 Å².